The number of ketones is 1. The van der Waals surface area contributed by atoms with Crippen molar-refractivity contribution in [3.63, 3.8) is 0 Å². The number of thioether (sulfide) groups is 1. The lowest BCUT2D eigenvalue weighted by molar-refractivity contribution is -0.121. The molecule has 0 bridgehead atoms. The summed E-state index contributed by atoms with van der Waals surface area (Å²) in [4.78, 5) is 33.8. The van der Waals surface area contributed by atoms with Crippen molar-refractivity contribution in [3.05, 3.63) is 63.9 Å². The van der Waals surface area contributed by atoms with Crippen LogP contribution in [0.2, 0.25) is 0 Å². The highest BCUT2D eigenvalue weighted by atomic mass is 79.9. The molecular weight excluding hydrogens is 448 g/mol. The Morgan fingerprint density at radius 2 is 1.83 bits per heavy atom. The molecule has 0 N–H and O–H groups in total. The number of hydrogen-bond donors (Lipinski definition) is 0. The molecule has 1 amide bonds. The van der Waals surface area contributed by atoms with Crippen LogP contribution in [-0.2, 0) is 9.59 Å². The minimum Gasteiger partial charge on any atom is -0.294 e. The molecule has 4 nitrogen and oxygen atoms in total. The summed E-state index contributed by atoms with van der Waals surface area (Å²) in [6.45, 7) is 4.17. The molecule has 2 aromatic rings. The molecule has 1 atom stereocenters. The summed E-state index contributed by atoms with van der Waals surface area (Å²) in [6, 6.07) is 11.9. The molecule has 1 aliphatic heterocycles. The molecule has 2 heterocycles. The second-order valence-electron chi connectivity index (χ2n) is 8.39. The van der Waals surface area contributed by atoms with Crippen molar-refractivity contribution in [1.29, 1.82) is 0 Å². The Labute approximate surface area is 183 Å². The van der Waals surface area contributed by atoms with Gasteiger partial charge in [0, 0.05) is 45.6 Å². The quantitative estimate of drug-likeness (QED) is 0.537. The lowest BCUT2D eigenvalue weighted by Crippen LogP contribution is -2.44. The van der Waals surface area contributed by atoms with Gasteiger partial charge in [0.15, 0.2) is 5.78 Å². The van der Waals surface area contributed by atoms with Crippen molar-refractivity contribution in [2.75, 3.05) is 11.2 Å². The Hall–Kier alpha value is -1.92. The number of hydrogen-bond acceptors (Lipinski definition) is 4. The van der Waals surface area contributed by atoms with E-state index in [2.05, 4.69) is 59.0 Å². The van der Waals surface area contributed by atoms with Crippen molar-refractivity contribution in [2.45, 2.75) is 43.9 Å². The van der Waals surface area contributed by atoms with Crippen LogP contribution in [0.4, 0.5) is 5.82 Å². The van der Waals surface area contributed by atoms with Crippen molar-refractivity contribution in [1.82, 2.24) is 4.98 Å². The zero-order chi connectivity index (χ0) is 20.8. The van der Waals surface area contributed by atoms with Crippen molar-refractivity contribution in [3.8, 4) is 0 Å². The van der Waals surface area contributed by atoms with Crippen LogP contribution in [0.25, 0.3) is 0 Å². The molecule has 0 saturated carbocycles. The lowest BCUT2D eigenvalue weighted by Gasteiger charge is -2.42. The third-order valence-corrected chi connectivity index (χ3v) is 6.81. The SMILES string of the molecule is CSc1ccc(C2CC(=O)N(c3ccc(Br)cn3)C3=C2C(=O)CC(C)(C)C3)cc1. The van der Waals surface area contributed by atoms with E-state index >= 15 is 0 Å². The molecule has 1 aromatic heterocycles. The van der Waals surface area contributed by atoms with Gasteiger partial charge in [-0.1, -0.05) is 26.0 Å². The second-order valence-corrected chi connectivity index (χ2v) is 10.2. The third kappa shape index (κ3) is 3.92. The van der Waals surface area contributed by atoms with Crippen LogP contribution in [0.1, 0.15) is 44.6 Å². The number of benzene rings is 1. The molecule has 6 heteroatoms. The Kier molecular flexibility index (Phi) is 5.42. The van der Waals surface area contributed by atoms with Crippen LogP contribution >= 0.6 is 27.7 Å². The van der Waals surface area contributed by atoms with Gasteiger partial charge in [0.05, 0.1) is 0 Å². The summed E-state index contributed by atoms with van der Waals surface area (Å²) in [6.07, 6.45) is 5.18. The first-order valence-electron chi connectivity index (χ1n) is 9.64. The van der Waals surface area contributed by atoms with E-state index in [4.69, 9.17) is 0 Å². The molecular formula is C23H23BrN2O2S. The number of carbonyl (C=O) groups is 2. The minimum atomic E-state index is -0.191. The zero-order valence-electron chi connectivity index (χ0n) is 16.7. The second kappa shape index (κ2) is 7.73. The highest BCUT2D eigenvalue weighted by Crippen LogP contribution is 2.48. The third-order valence-electron chi connectivity index (χ3n) is 5.60. The highest BCUT2D eigenvalue weighted by molar-refractivity contribution is 9.10. The number of carbonyl (C=O) groups excluding carboxylic acids is 2. The van der Waals surface area contributed by atoms with Gasteiger partial charge < -0.3 is 0 Å². The maximum absolute atomic E-state index is 13.3. The standard InChI is InChI=1S/C23H23BrN2O2S/c1-23(2)11-18-22(19(27)12-23)17(14-4-7-16(29-3)8-5-14)10-21(28)26(18)20-9-6-15(24)13-25-20/h4-9,13,17H,10-12H2,1-3H3. The summed E-state index contributed by atoms with van der Waals surface area (Å²) in [7, 11) is 0. The first-order valence-corrected chi connectivity index (χ1v) is 11.7. The van der Waals surface area contributed by atoms with Gasteiger partial charge >= 0.3 is 0 Å². The number of aromatic nitrogens is 1. The first-order chi connectivity index (χ1) is 13.8. The fourth-order valence-corrected chi connectivity index (χ4v) is 4.95. The lowest BCUT2D eigenvalue weighted by atomic mass is 9.69. The molecule has 0 spiro atoms. The Morgan fingerprint density at radius 1 is 1.10 bits per heavy atom. The average molecular weight is 471 g/mol. The number of rotatable bonds is 3. The number of nitrogens with zero attached hydrogens (tertiary/aromatic N) is 2. The molecule has 2 aliphatic rings. The topological polar surface area (TPSA) is 50.3 Å². The van der Waals surface area contributed by atoms with Gasteiger partial charge in [0.1, 0.15) is 5.82 Å². The Bertz CT molecular complexity index is 997. The number of amides is 1. The van der Waals surface area contributed by atoms with E-state index in [0.29, 0.717) is 18.7 Å². The monoisotopic (exact) mass is 470 g/mol. The number of pyridine rings is 1. The molecule has 29 heavy (non-hydrogen) atoms. The van der Waals surface area contributed by atoms with E-state index in [1.54, 1.807) is 22.9 Å². The maximum Gasteiger partial charge on any atom is 0.233 e. The van der Waals surface area contributed by atoms with Crippen LogP contribution in [0.5, 0.6) is 0 Å². The normalized spacial score (nSPS) is 21.4. The van der Waals surface area contributed by atoms with E-state index in [1.807, 2.05) is 18.4 Å². The van der Waals surface area contributed by atoms with Crippen LogP contribution in [0.3, 0.4) is 0 Å². The number of anilines is 1. The average Bonchev–Trinajstić information content (AvgIpc) is 2.67. The minimum absolute atomic E-state index is 0.0111. The largest absolute Gasteiger partial charge is 0.294 e. The van der Waals surface area contributed by atoms with E-state index in [0.717, 1.165) is 21.3 Å². The summed E-state index contributed by atoms with van der Waals surface area (Å²) in [5, 5.41) is 0. The van der Waals surface area contributed by atoms with Gasteiger partial charge in [-0.3, -0.25) is 14.5 Å². The first kappa shape index (κ1) is 20.4. The van der Waals surface area contributed by atoms with Gasteiger partial charge in [-0.25, -0.2) is 4.98 Å². The zero-order valence-corrected chi connectivity index (χ0v) is 19.1. The maximum atomic E-state index is 13.3. The fourth-order valence-electron chi connectivity index (χ4n) is 4.30. The van der Waals surface area contributed by atoms with E-state index in [9.17, 15) is 9.59 Å². The van der Waals surface area contributed by atoms with E-state index in [-0.39, 0.29) is 29.4 Å². The predicted octanol–water partition coefficient (Wildman–Crippen LogP) is 5.73. The van der Waals surface area contributed by atoms with Gasteiger partial charge in [-0.2, -0.15) is 0 Å². The van der Waals surface area contributed by atoms with Gasteiger partial charge in [-0.05, 0) is 63.9 Å². The van der Waals surface area contributed by atoms with E-state index < -0.39 is 0 Å². The predicted molar refractivity (Wildman–Crippen MR) is 120 cm³/mol. The van der Waals surface area contributed by atoms with Gasteiger partial charge in [0.25, 0.3) is 0 Å². The molecule has 150 valence electrons. The summed E-state index contributed by atoms with van der Waals surface area (Å²) >= 11 is 5.08. The fraction of sp³-hybridized carbons (Fsp3) is 0.348. The smallest absolute Gasteiger partial charge is 0.233 e. The number of Topliss-reactive ketones (excluding diaryl/α,β-unsaturated/α-hetero) is 1. The van der Waals surface area contributed by atoms with Gasteiger partial charge in [0.2, 0.25) is 5.91 Å². The van der Waals surface area contributed by atoms with Crippen LogP contribution in [0.15, 0.2) is 63.2 Å². The summed E-state index contributed by atoms with van der Waals surface area (Å²) < 4.78 is 0.853. The molecule has 0 saturated heterocycles. The molecule has 1 aliphatic carbocycles. The molecule has 0 radical (unpaired) electrons. The number of halogens is 1. The van der Waals surface area contributed by atoms with Crippen LogP contribution in [-0.4, -0.2) is 22.9 Å². The van der Waals surface area contributed by atoms with Crippen molar-refractivity contribution >= 4 is 45.2 Å². The molecule has 1 unspecified atom stereocenters. The van der Waals surface area contributed by atoms with E-state index in [1.165, 1.54) is 4.90 Å². The Morgan fingerprint density at radius 3 is 2.45 bits per heavy atom. The number of allylic oxidation sites excluding steroid dienone is 2. The Balaban J connectivity index is 1.85. The van der Waals surface area contributed by atoms with Crippen LogP contribution in [0, 0.1) is 5.41 Å². The van der Waals surface area contributed by atoms with Gasteiger partial charge in [-0.15, -0.1) is 11.8 Å². The van der Waals surface area contributed by atoms with Crippen molar-refractivity contribution in [2.24, 2.45) is 5.41 Å². The molecule has 1 aromatic carbocycles. The van der Waals surface area contributed by atoms with Crippen LogP contribution < -0.4 is 4.90 Å². The summed E-state index contributed by atoms with van der Waals surface area (Å²) in [5.41, 5.74) is 2.44. The highest BCUT2D eigenvalue weighted by Gasteiger charge is 2.44. The molecule has 4 rings (SSSR count). The van der Waals surface area contributed by atoms with Crippen molar-refractivity contribution < 1.29 is 9.59 Å². The summed E-state index contributed by atoms with van der Waals surface area (Å²) in [5.74, 6) is 0.518. The molecule has 0 fully saturated rings.